The highest BCUT2D eigenvalue weighted by Crippen LogP contribution is 2.31. The van der Waals surface area contributed by atoms with Crippen molar-refractivity contribution in [2.75, 3.05) is 6.54 Å². The lowest BCUT2D eigenvalue weighted by molar-refractivity contribution is 0.435. The van der Waals surface area contributed by atoms with E-state index in [1.165, 1.54) is 6.07 Å². The number of hydrogen-bond acceptors (Lipinski definition) is 2. The van der Waals surface area contributed by atoms with Gasteiger partial charge >= 0.3 is 0 Å². The van der Waals surface area contributed by atoms with Crippen LogP contribution < -0.4 is 10.1 Å². The predicted molar refractivity (Wildman–Crippen MR) is 90.3 cm³/mol. The highest BCUT2D eigenvalue weighted by Gasteiger charge is 2.10. The van der Waals surface area contributed by atoms with E-state index < -0.39 is 0 Å². The van der Waals surface area contributed by atoms with Crippen molar-refractivity contribution < 1.29 is 9.13 Å². The van der Waals surface area contributed by atoms with E-state index in [1.807, 2.05) is 18.2 Å². The second-order valence-electron chi connectivity index (χ2n) is 4.61. The van der Waals surface area contributed by atoms with Crippen LogP contribution in [0.5, 0.6) is 11.5 Å². The molecule has 0 amide bonds. The second kappa shape index (κ2) is 7.92. The summed E-state index contributed by atoms with van der Waals surface area (Å²) in [7, 11) is 0. The topological polar surface area (TPSA) is 21.3 Å². The molecule has 0 aliphatic heterocycles. The summed E-state index contributed by atoms with van der Waals surface area (Å²) in [6.45, 7) is 3.72. The van der Waals surface area contributed by atoms with Crippen molar-refractivity contribution in [2.45, 2.75) is 19.9 Å². The van der Waals surface area contributed by atoms with Crippen molar-refractivity contribution in [2.24, 2.45) is 0 Å². The second-order valence-corrected chi connectivity index (χ2v) is 6.44. The molecule has 5 heteroatoms. The molecule has 0 saturated carbocycles. The molecule has 2 rings (SSSR count). The van der Waals surface area contributed by atoms with Crippen molar-refractivity contribution in [3.63, 3.8) is 0 Å². The third kappa shape index (κ3) is 4.80. The van der Waals surface area contributed by atoms with E-state index >= 15 is 0 Å². The Labute approximate surface area is 141 Å². The fourth-order valence-electron chi connectivity index (χ4n) is 1.86. The van der Waals surface area contributed by atoms with Crippen LogP contribution in [0, 0.1) is 5.82 Å². The first kappa shape index (κ1) is 16.5. The molecule has 1 N–H and O–H groups in total. The lowest BCUT2D eigenvalue weighted by Gasteiger charge is -2.13. The van der Waals surface area contributed by atoms with Gasteiger partial charge in [0.05, 0.1) is 0 Å². The van der Waals surface area contributed by atoms with E-state index in [0.717, 1.165) is 27.5 Å². The standard InChI is InChI=1S/C16H16Br2FNO/c1-2-7-20-10-11-8-12(17)4-6-15(11)21-16-9-13(18)3-5-14(16)19/h3-6,8-9,20H,2,7,10H2,1H3. The summed E-state index contributed by atoms with van der Waals surface area (Å²) in [5.74, 6) is 0.482. The molecular weight excluding hydrogens is 401 g/mol. The summed E-state index contributed by atoms with van der Waals surface area (Å²) in [5.41, 5.74) is 0.984. The third-order valence-corrected chi connectivity index (χ3v) is 3.86. The summed E-state index contributed by atoms with van der Waals surface area (Å²) < 4.78 is 21.3. The first-order chi connectivity index (χ1) is 10.1. The molecule has 2 aromatic rings. The molecule has 0 radical (unpaired) electrons. The van der Waals surface area contributed by atoms with Crippen molar-refractivity contribution in [1.82, 2.24) is 5.32 Å². The van der Waals surface area contributed by atoms with Crippen molar-refractivity contribution in [1.29, 1.82) is 0 Å². The van der Waals surface area contributed by atoms with Gasteiger partial charge in [-0.15, -0.1) is 0 Å². The van der Waals surface area contributed by atoms with E-state index in [0.29, 0.717) is 12.3 Å². The van der Waals surface area contributed by atoms with Crippen LogP contribution >= 0.6 is 31.9 Å². The molecule has 112 valence electrons. The van der Waals surface area contributed by atoms with Gasteiger partial charge in [-0.05, 0) is 49.4 Å². The first-order valence-electron chi connectivity index (χ1n) is 6.72. The Morgan fingerprint density at radius 2 is 1.76 bits per heavy atom. The largest absolute Gasteiger partial charge is 0.454 e. The molecule has 21 heavy (non-hydrogen) atoms. The van der Waals surface area contributed by atoms with Crippen LogP contribution in [-0.4, -0.2) is 6.54 Å². The molecule has 2 aromatic carbocycles. The highest BCUT2D eigenvalue weighted by atomic mass is 79.9. The van der Waals surface area contributed by atoms with Gasteiger partial charge in [0.1, 0.15) is 5.75 Å². The minimum atomic E-state index is -0.381. The Morgan fingerprint density at radius 1 is 1.05 bits per heavy atom. The Bertz CT molecular complexity index is 619. The smallest absolute Gasteiger partial charge is 0.165 e. The van der Waals surface area contributed by atoms with Crippen LogP contribution in [0.4, 0.5) is 4.39 Å². The fraction of sp³-hybridized carbons (Fsp3) is 0.250. The van der Waals surface area contributed by atoms with Gasteiger partial charge in [0.2, 0.25) is 0 Å². The van der Waals surface area contributed by atoms with Crippen LogP contribution in [0.15, 0.2) is 45.3 Å². The molecular formula is C16H16Br2FNO. The Hall–Kier alpha value is -0.910. The van der Waals surface area contributed by atoms with Crippen LogP contribution in [0.1, 0.15) is 18.9 Å². The van der Waals surface area contributed by atoms with Gasteiger partial charge in [-0.3, -0.25) is 0 Å². The monoisotopic (exact) mass is 415 g/mol. The number of hydrogen-bond donors (Lipinski definition) is 1. The Kier molecular flexibility index (Phi) is 6.21. The van der Waals surface area contributed by atoms with Crippen molar-refractivity contribution in [3.8, 4) is 11.5 Å². The molecule has 0 heterocycles. The zero-order valence-corrected chi connectivity index (χ0v) is 14.8. The summed E-state index contributed by atoms with van der Waals surface area (Å²) >= 11 is 6.78. The molecule has 0 saturated heterocycles. The average Bonchev–Trinajstić information content (AvgIpc) is 2.46. The molecule has 0 spiro atoms. The Balaban J connectivity index is 2.24. The SMILES string of the molecule is CCCNCc1cc(Br)ccc1Oc1cc(Br)ccc1F. The molecule has 0 aliphatic carbocycles. The Morgan fingerprint density at radius 3 is 2.52 bits per heavy atom. The van der Waals surface area contributed by atoms with Crippen LogP contribution in [0.25, 0.3) is 0 Å². The molecule has 0 bridgehead atoms. The summed E-state index contributed by atoms with van der Waals surface area (Å²) in [6.07, 6.45) is 1.06. The van der Waals surface area contributed by atoms with E-state index in [9.17, 15) is 4.39 Å². The van der Waals surface area contributed by atoms with Crippen LogP contribution in [-0.2, 0) is 6.54 Å². The van der Waals surface area contributed by atoms with E-state index in [4.69, 9.17) is 4.74 Å². The molecule has 0 atom stereocenters. The van der Waals surface area contributed by atoms with Gasteiger partial charge < -0.3 is 10.1 Å². The van der Waals surface area contributed by atoms with Crippen LogP contribution in [0.3, 0.4) is 0 Å². The fourth-order valence-corrected chi connectivity index (χ4v) is 2.61. The molecule has 0 unspecified atom stereocenters. The summed E-state index contributed by atoms with van der Waals surface area (Å²) in [5, 5.41) is 3.33. The maximum atomic E-state index is 13.8. The average molecular weight is 417 g/mol. The minimum absolute atomic E-state index is 0.212. The van der Waals surface area contributed by atoms with Gasteiger partial charge in [0.15, 0.2) is 11.6 Å². The minimum Gasteiger partial charge on any atom is -0.454 e. The maximum Gasteiger partial charge on any atom is 0.165 e. The van der Waals surface area contributed by atoms with E-state index in [1.54, 1.807) is 12.1 Å². The molecule has 2 nitrogen and oxygen atoms in total. The maximum absolute atomic E-state index is 13.8. The van der Waals surface area contributed by atoms with E-state index in [2.05, 4.69) is 44.1 Å². The van der Waals surface area contributed by atoms with Gasteiger partial charge in [-0.2, -0.15) is 0 Å². The highest BCUT2D eigenvalue weighted by molar-refractivity contribution is 9.10. The zero-order valence-electron chi connectivity index (χ0n) is 11.6. The number of ether oxygens (including phenoxy) is 1. The first-order valence-corrected chi connectivity index (χ1v) is 8.31. The summed E-state index contributed by atoms with van der Waals surface area (Å²) in [4.78, 5) is 0. The number of halogens is 3. The summed E-state index contributed by atoms with van der Waals surface area (Å²) in [6, 6.07) is 10.4. The third-order valence-electron chi connectivity index (χ3n) is 2.88. The van der Waals surface area contributed by atoms with Gasteiger partial charge in [-0.25, -0.2) is 4.39 Å². The molecule has 0 aliphatic rings. The quantitative estimate of drug-likeness (QED) is 0.615. The van der Waals surface area contributed by atoms with Crippen molar-refractivity contribution in [3.05, 3.63) is 56.7 Å². The van der Waals surface area contributed by atoms with Gasteiger partial charge in [-0.1, -0.05) is 38.8 Å². The van der Waals surface area contributed by atoms with Gasteiger partial charge in [0.25, 0.3) is 0 Å². The predicted octanol–water partition coefficient (Wildman–Crippen LogP) is 5.64. The lowest BCUT2D eigenvalue weighted by atomic mass is 10.2. The normalized spacial score (nSPS) is 10.7. The number of rotatable bonds is 6. The molecule has 0 aromatic heterocycles. The number of benzene rings is 2. The van der Waals surface area contributed by atoms with Crippen molar-refractivity contribution >= 4 is 31.9 Å². The lowest BCUT2D eigenvalue weighted by Crippen LogP contribution is -2.14. The number of nitrogens with one attached hydrogen (secondary N) is 1. The molecule has 0 fully saturated rings. The van der Waals surface area contributed by atoms with Gasteiger partial charge in [0, 0.05) is 21.1 Å². The van der Waals surface area contributed by atoms with E-state index in [-0.39, 0.29) is 11.6 Å². The van der Waals surface area contributed by atoms with Crippen LogP contribution in [0.2, 0.25) is 0 Å². The zero-order chi connectivity index (χ0) is 15.2.